The van der Waals surface area contributed by atoms with E-state index in [1.165, 1.54) is 43.6 Å². The molecule has 9 rings (SSSR count). The maximum atomic E-state index is 12.7. The van der Waals surface area contributed by atoms with Crippen LogP contribution >= 0.6 is 0 Å². The first-order chi connectivity index (χ1) is 33.0. The molecule has 9 aliphatic rings. The molecular weight excluding hydrogens is 907 g/mol. The Labute approximate surface area is 427 Å². The summed E-state index contributed by atoms with van der Waals surface area (Å²) in [5.74, 6) is 4.94. The van der Waals surface area contributed by atoms with Gasteiger partial charge < -0.3 is 38.8 Å². The molecule has 6 bridgehead atoms. The lowest BCUT2D eigenvalue weighted by atomic mass is 9.47. The molecule has 1 aliphatic heterocycles. The van der Waals surface area contributed by atoms with Crippen molar-refractivity contribution in [1.29, 1.82) is 0 Å². The number of fused-ring (bicyclic) bond motifs is 5. The first-order valence-electron chi connectivity index (χ1n) is 27.5. The van der Waals surface area contributed by atoms with Gasteiger partial charge in [-0.1, -0.05) is 34.1 Å². The predicted molar refractivity (Wildman–Crippen MR) is 271 cm³/mol. The average Bonchev–Trinajstić information content (AvgIpc) is 4.18. The summed E-state index contributed by atoms with van der Waals surface area (Å²) in [6.07, 6.45) is 21.0. The molecule has 14 nitrogen and oxygen atoms in total. The SMILES string of the molecule is C1CC2C3CCC(C3)C2C1.CCC(C)(C)C(=O)OC.CCC(C)(C)C(=O)OC1(C)CCCC1.CCC(C)(C)C(=O)OCC1COC(=O)O1.CCC(C)(C)C(=O)OCNC(=O)C12CC3CC(CC(O)(C3)C1)C2. The van der Waals surface area contributed by atoms with Crippen LogP contribution in [0, 0.1) is 62.6 Å². The van der Waals surface area contributed by atoms with E-state index in [1.807, 2.05) is 83.1 Å². The summed E-state index contributed by atoms with van der Waals surface area (Å²) in [5, 5.41) is 13.5. The van der Waals surface area contributed by atoms with E-state index >= 15 is 0 Å². The number of ether oxygens (including phenoxy) is 6. The molecule has 9 fully saturated rings. The van der Waals surface area contributed by atoms with Gasteiger partial charge in [-0.05, 0) is 220 Å². The molecule has 0 radical (unpaired) electrons. The van der Waals surface area contributed by atoms with Crippen molar-refractivity contribution in [2.75, 3.05) is 27.1 Å². The highest BCUT2D eigenvalue weighted by molar-refractivity contribution is 5.84. The van der Waals surface area contributed by atoms with Crippen LogP contribution in [0.2, 0.25) is 0 Å². The van der Waals surface area contributed by atoms with Crippen LogP contribution in [0.3, 0.4) is 0 Å². The Morgan fingerprint density at radius 3 is 1.58 bits per heavy atom. The molecule has 1 heterocycles. The zero-order valence-electron chi connectivity index (χ0n) is 46.7. The van der Waals surface area contributed by atoms with Gasteiger partial charge in [0.25, 0.3) is 0 Å². The second-order valence-corrected chi connectivity index (χ2v) is 25.5. The normalized spacial score (nSPS) is 30.5. The predicted octanol–water partition coefficient (Wildman–Crippen LogP) is 11.6. The van der Waals surface area contributed by atoms with Crippen LogP contribution in [0.1, 0.15) is 218 Å². The molecule has 8 aliphatic carbocycles. The van der Waals surface area contributed by atoms with E-state index in [2.05, 4.69) is 21.7 Å². The van der Waals surface area contributed by atoms with Gasteiger partial charge in [0.2, 0.25) is 5.91 Å². The van der Waals surface area contributed by atoms with Gasteiger partial charge in [-0.15, -0.1) is 0 Å². The van der Waals surface area contributed by atoms with E-state index in [4.69, 9.17) is 18.9 Å². The van der Waals surface area contributed by atoms with E-state index < -0.39 is 34.1 Å². The minimum absolute atomic E-state index is 0.0376. The minimum Gasteiger partial charge on any atom is -0.469 e. The standard InChI is InChI=1S/C18H29NO4.C12H22O2.C10H16O5.C10H16.C7H14O2/c1-4-16(2,3)15(21)23-11-19-14(20)17-6-12-5-13(7-17)9-18(22,8-12)10-17;1-5-11(2,3)10(13)14-12(4)8-6-7-9-12;1-4-10(2,3)8(11)13-5-7-6-14-9(12)15-7;1-2-9-7-4-5-8(6-7)10(9)3-1;1-5-7(2,3)6(8)9-4/h12-13,22H,4-11H2,1-3H3,(H,19,20);5-9H2,1-4H3;7H,4-6H2,1-3H3;7-10H,1-6H2;5H2,1-4H3. The number of esters is 4. The van der Waals surface area contributed by atoms with Crippen molar-refractivity contribution in [1.82, 2.24) is 5.32 Å². The van der Waals surface area contributed by atoms with E-state index in [0.29, 0.717) is 31.1 Å². The Balaban J connectivity index is 0.000000201. The van der Waals surface area contributed by atoms with Crippen molar-refractivity contribution in [2.45, 2.75) is 236 Å². The number of carbonyl (C=O) groups is 6. The highest BCUT2D eigenvalue weighted by atomic mass is 16.8. The lowest BCUT2D eigenvalue weighted by Crippen LogP contribution is -2.60. The second-order valence-electron chi connectivity index (χ2n) is 25.5. The summed E-state index contributed by atoms with van der Waals surface area (Å²) >= 11 is 0. The third kappa shape index (κ3) is 16.0. The van der Waals surface area contributed by atoms with Crippen molar-refractivity contribution < 1.29 is 62.3 Å². The number of hydrogen-bond donors (Lipinski definition) is 2. The topological polar surface area (TPSA) is 190 Å². The van der Waals surface area contributed by atoms with Crippen LogP contribution in [0.5, 0.6) is 0 Å². The Kier molecular flexibility index (Phi) is 21.0. The van der Waals surface area contributed by atoms with E-state index in [1.54, 1.807) is 38.5 Å². The quantitative estimate of drug-likeness (QED) is 0.0950. The smallest absolute Gasteiger partial charge is 0.469 e. The van der Waals surface area contributed by atoms with Gasteiger partial charge in [0.15, 0.2) is 12.8 Å². The first-order valence-corrected chi connectivity index (χ1v) is 27.5. The molecule has 14 heteroatoms. The molecule has 0 spiro atoms. The lowest BCUT2D eigenvalue weighted by Gasteiger charge is -2.59. The number of carbonyl (C=O) groups excluding carboxylic acids is 6. The van der Waals surface area contributed by atoms with Crippen LogP contribution in [0.25, 0.3) is 0 Å². The fourth-order valence-electron chi connectivity index (χ4n) is 12.3. The van der Waals surface area contributed by atoms with Crippen molar-refractivity contribution in [3.63, 3.8) is 0 Å². The number of aliphatic hydroxyl groups is 1. The summed E-state index contributed by atoms with van der Waals surface area (Å²) < 4.78 is 29.7. The van der Waals surface area contributed by atoms with Gasteiger partial charge in [0, 0.05) is 0 Å². The van der Waals surface area contributed by atoms with E-state index in [0.717, 1.165) is 57.8 Å². The number of rotatable bonds is 14. The first kappa shape index (κ1) is 60.1. The molecule has 1 amide bonds. The number of cyclic esters (lactones) is 2. The molecule has 7 unspecified atom stereocenters. The largest absolute Gasteiger partial charge is 0.508 e. The highest BCUT2D eigenvalue weighted by Crippen LogP contribution is 2.62. The molecule has 408 valence electrons. The minimum atomic E-state index is -0.703. The number of nitrogens with one attached hydrogen (secondary N) is 1. The Hall–Kier alpha value is -3.42. The van der Waals surface area contributed by atoms with Crippen molar-refractivity contribution in [3.05, 3.63) is 0 Å². The fourth-order valence-corrected chi connectivity index (χ4v) is 12.3. The third-order valence-corrected chi connectivity index (χ3v) is 18.3. The number of methoxy groups -OCH3 is 1. The van der Waals surface area contributed by atoms with Gasteiger partial charge >= 0.3 is 30.0 Å². The third-order valence-electron chi connectivity index (χ3n) is 18.3. The zero-order valence-corrected chi connectivity index (χ0v) is 46.7. The summed E-state index contributed by atoms with van der Waals surface area (Å²) in [4.78, 5) is 69.5. The summed E-state index contributed by atoms with van der Waals surface area (Å²) in [6.45, 7) is 25.0. The van der Waals surface area contributed by atoms with Gasteiger partial charge in [-0.3, -0.25) is 24.0 Å². The molecule has 0 aromatic heterocycles. The molecule has 7 atom stereocenters. The molecular formula is C57H97NO13. The van der Waals surface area contributed by atoms with Gasteiger partial charge in [-0.25, -0.2) is 4.79 Å². The number of amides is 1. The molecule has 8 saturated carbocycles. The van der Waals surface area contributed by atoms with E-state index in [9.17, 15) is 33.9 Å². The second kappa shape index (κ2) is 24.7. The molecule has 71 heavy (non-hydrogen) atoms. The molecule has 2 N–H and O–H groups in total. The molecule has 1 saturated heterocycles. The van der Waals surface area contributed by atoms with Crippen LogP contribution in [0.4, 0.5) is 4.79 Å². The Morgan fingerprint density at radius 2 is 1.14 bits per heavy atom. The van der Waals surface area contributed by atoms with E-state index in [-0.39, 0.29) is 66.2 Å². The lowest BCUT2D eigenvalue weighted by molar-refractivity contribution is -0.180. The number of hydrogen-bond acceptors (Lipinski definition) is 13. The van der Waals surface area contributed by atoms with Crippen molar-refractivity contribution >= 4 is 35.9 Å². The van der Waals surface area contributed by atoms with Crippen LogP contribution < -0.4 is 5.32 Å². The van der Waals surface area contributed by atoms with Crippen molar-refractivity contribution in [3.8, 4) is 0 Å². The van der Waals surface area contributed by atoms with Crippen LogP contribution in [0.15, 0.2) is 0 Å². The summed E-state index contributed by atoms with van der Waals surface area (Å²) in [5.41, 5.74) is -2.94. The van der Waals surface area contributed by atoms with Crippen molar-refractivity contribution in [2.24, 2.45) is 62.6 Å². The Morgan fingerprint density at radius 1 is 0.662 bits per heavy atom. The zero-order chi connectivity index (χ0) is 53.2. The van der Waals surface area contributed by atoms with Crippen LogP contribution in [-0.2, 0) is 52.4 Å². The molecule has 0 aromatic rings. The Bertz CT molecular complexity index is 1780. The maximum Gasteiger partial charge on any atom is 0.508 e. The van der Waals surface area contributed by atoms with Crippen LogP contribution in [-0.4, -0.2) is 85.4 Å². The van der Waals surface area contributed by atoms with Gasteiger partial charge in [-0.2, -0.15) is 0 Å². The fraction of sp³-hybridized carbons (Fsp3) is 0.895. The maximum absolute atomic E-state index is 12.7. The summed E-state index contributed by atoms with van der Waals surface area (Å²) in [6, 6.07) is 0. The summed E-state index contributed by atoms with van der Waals surface area (Å²) in [7, 11) is 1.42. The highest BCUT2D eigenvalue weighted by Gasteiger charge is 2.60. The van der Waals surface area contributed by atoms with Gasteiger partial charge in [0.1, 0.15) is 18.8 Å². The molecule has 0 aromatic carbocycles. The average molecular weight is 1000 g/mol. The monoisotopic (exact) mass is 1000 g/mol. The van der Waals surface area contributed by atoms with Gasteiger partial charge in [0.05, 0.1) is 39.8 Å².